The summed E-state index contributed by atoms with van der Waals surface area (Å²) in [5, 5.41) is 17.6. The summed E-state index contributed by atoms with van der Waals surface area (Å²) in [4.78, 5) is 10.5. The van der Waals surface area contributed by atoms with Crippen molar-refractivity contribution >= 4 is 17.6 Å². The van der Waals surface area contributed by atoms with Crippen molar-refractivity contribution in [3.63, 3.8) is 0 Å². The van der Waals surface area contributed by atoms with Crippen LogP contribution in [0.15, 0.2) is 12.1 Å². The van der Waals surface area contributed by atoms with Gasteiger partial charge in [0.1, 0.15) is 6.07 Å². The lowest BCUT2D eigenvalue weighted by Crippen LogP contribution is -2.02. The van der Waals surface area contributed by atoms with E-state index in [-0.39, 0.29) is 6.42 Å². The largest absolute Gasteiger partial charge is 0.481 e. The number of benzene rings is 1. The van der Waals surface area contributed by atoms with Crippen LogP contribution in [0, 0.1) is 18.3 Å². The van der Waals surface area contributed by atoms with Crippen molar-refractivity contribution < 1.29 is 9.90 Å². The number of halogens is 1. The van der Waals surface area contributed by atoms with Gasteiger partial charge in [-0.1, -0.05) is 17.7 Å². The van der Waals surface area contributed by atoms with Crippen LogP contribution in [0.4, 0.5) is 0 Å². The molecule has 14 heavy (non-hydrogen) atoms. The van der Waals surface area contributed by atoms with Gasteiger partial charge in [0.25, 0.3) is 0 Å². The number of carboxylic acid groups (broad SMARTS) is 1. The number of nitrogens with zero attached hydrogens (tertiary/aromatic N) is 1. The van der Waals surface area contributed by atoms with Crippen LogP contribution >= 0.6 is 11.6 Å². The van der Waals surface area contributed by atoms with Crippen molar-refractivity contribution in [2.75, 3.05) is 0 Å². The molecule has 0 aliphatic carbocycles. The Morgan fingerprint density at radius 3 is 2.79 bits per heavy atom. The van der Waals surface area contributed by atoms with Gasteiger partial charge in [0.15, 0.2) is 0 Å². The Kier molecular flexibility index (Phi) is 3.10. The summed E-state index contributed by atoms with van der Waals surface area (Å²) in [5.74, 6) is -0.908. The predicted octanol–water partition coefficient (Wildman–Crippen LogP) is 2.15. The van der Waals surface area contributed by atoms with Crippen molar-refractivity contribution in [1.29, 1.82) is 5.26 Å². The maximum atomic E-state index is 10.5. The van der Waals surface area contributed by atoms with Gasteiger partial charge in [-0.05, 0) is 24.1 Å². The van der Waals surface area contributed by atoms with E-state index in [0.717, 1.165) is 0 Å². The smallest absolute Gasteiger partial charge is 0.307 e. The molecule has 1 rings (SSSR count). The number of carbonyl (C=O) groups is 1. The average molecular weight is 210 g/mol. The van der Waals surface area contributed by atoms with E-state index in [1.165, 1.54) is 6.07 Å². The van der Waals surface area contributed by atoms with Gasteiger partial charge in [-0.3, -0.25) is 4.79 Å². The highest BCUT2D eigenvalue weighted by Crippen LogP contribution is 2.23. The molecule has 1 aromatic carbocycles. The van der Waals surface area contributed by atoms with Gasteiger partial charge in [-0.25, -0.2) is 0 Å². The summed E-state index contributed by atoms with van der Waals surface area (Å²) in [6, 6.07) is 5.09. The molecule has 0 saturated carbocycles. The van der Waals surface area contributed by atoms with Crippen LogP contribution in [0.3, 0.4) is 0 Å². The first kappa shape index (κ1) is 10.6. The lowest BCUT2D eigenvalue weighted by atomic mass is 10.0. The molecule has 0 aliphatic rings. The maximum Gasteiger partial charge on any atom is 0.307 e. The van der Waals surface area contributed by atoms with Gasteiger partial charge in [-0.2, -0.15) is 5.26 Å². The Balaban J connectivity index is 3.18. The predicted molar refractivity (Wildman–Crippen MR) is 52.2 cm³/mol. The van der Waals surface area contributed by atoms with E-state index in [1.54, 1.807) is 13.0 Å². The molecule has 1 aromatic rings. The molecule has 0 aliphatic heterocycles. The van der Waals surface area contributed by atoms with E-state index in [9.17, 15) is 4.79 Å². The summed E-state index contributed by atoms with van der Waals surface area (Å²) >= 11 is 5.87. The summed E-state index contributed by atoms with van der Waals surface area (Å²) in [6.45, 7) is 1.71. The van der Waals surface area contributed by atoms with E-state index in [0.29, 0.717) is 21.7 Å². The molecular formula is C10H8ClNO2. The summed E-state index contributed by atoms with van der Waals surface area (Å²) in [6.07, 6.45) is -0.0722. The summed E-state index contributed by atoms with van der Waals surface area (Å²) in [7, 11) is 0. The van der Waals surface area contributed by atoms with Crippen LogP contribution in [0.1, 0.15) is 16.7 Å². The highest BCUT2D eigenvalue weighted by molar-refractivity contribution is 6.32. The first-order valence-electron chi connectivity index (χ1n) is 3.96. The van der Waals surface area contributed by atoms with Gasteiger partial charge in [0, 0.05) is 0 Å². The molecule has 3 nitrogen and oxygen atoms in total. The highest BCUT2D eigenvalue weighted by Gasteiger charge is 2.09. The molecule has 4 heteroatoms. The minimum atomic E-state index is -0.908. The second-order valence-electron chi connectivity index (χ2n) is 2.89. The topological polar surface area (TPSA) is 61.1 Å². The van der Waals surface area contributed by atoms with Crippen molar-refractivity contribution in [3.8, 4) is 6.07 Å². The van der Waals surface area contributed by atoms with Crippen LogP contribution in [-0.4, -0.2) is 11.1 Å². The number of hydrogen-bond acceptors (Lipinski definition) is 2. The molecule has 0 bridgehead atoms. The lowest BCUT2D eigenvalue weighted by Gasteiger charge is -2.05. The Morgan fingerprint density at radius 2 is 2.29 bits per heavy atom. The molecule has 0 aromatic heterocycles. The Bertz CT molecular complexity index is 421. The third-order valence-corrected chi connectivity index (χ3v) is 2.45. The van der Waals surface area contributed by atoms with Gasteiger partial charge in [0.2, 0.25) is 0 Å². The molecule has 0 atom stereocenters. The molecular weight excluding hydrogens is 202 g/mol. The number of rotatable bonds is 2. The van der Waals surface area contributed by atoms with Gasteiger partial charge >= 0.3 is 5.97 Å². The minimum absolute atomic E-state index is 0.0722. The number of aliphatic carboxylic acids is 1. The first-order valence-corrected chi connectivity index (χ1v) is 4.34. The molecule has 0 heterocycles. The van der Waals surface area contributed by atoms with E-state index in [1.807, 2.05) is 6.07 Å². The lowest BCUT2D eigenvalue weighted by molar-refractivity contribution is -0.136. The number of hydrogen-bond donors (Lipinski definition) is 1. The van der Waals surface area contributed by atoms with E-state index in [2.05, 4.69) is 0 Å². The molecule has 0 amide bonds. The van der Waals surface area contributed by atoms with Crippen LogP contribution in [-0.2, 0) is 11.2 Å². The molecule has 0 fully saturated rings. The summed E-state index contributed by atoms with van der Waals surface area (Å²) in [5.41, 5.74) is 1.67. The van der Waals surface area contributed by atoms with E-state index < -0.39 is 5.97 Å². The fourth-order valence-electron chi connectivity index (χ4n) is 1.17. The Labute approximate surface area is 86.5 Å². The molecule has 72 valence electrons. The highest BCUT2D eigenvalue weighted by atomic mass is 35.5. The second kappa shape index (κ2) is 4.12. The van der Waals surface area contributed by atoms with Crippen molar-refractivity contribution in [2.45, 2.75) is 13.3 Å². The maximum absolute atomic E-state index is 10.5. The fraction of sp³-hybridized carbons (Fsp3) is 0.200. The zero-order chi connectivity index (χ0) is 10.7. The number of nitriles is 1. The Morgan fingerprint density at radius 1 is 1.64 bits per heavy atom. The van der Waals surface area contributed by atoms with Crippen LogP contribution in [0.25, 0.3) is 0 Å². The van der Waals surface area contributed by atoms with Crippen molar-refractivity contribution in [3.05, 3.63) is 33.8 Å². The molecule has 0 saturated heterocycles. The van der Waals surface area contributed by atoms with Gasteiger partial charge in [0.05, 0.1) is 17.0 Å². The standard InChI is InChI=1S/C10H8ClNO2/c1-6-7(4-9(13)14)2-3-8(5-12)10(6)11/h2-3H,4H2,1H3,(H,13,14). The summed E-state index contributed by atoms with van der Waals surface area (Å²) < 4.78 is 0. The van der Waals surface area contributed by atoms with Crippen LogP contribution in [0.2, 0.25) is 5.02 Å². The fourth-order valence-corrected chi connectivity index (χ4v) is 1.39. The molecule has 0 unspecified atom stereocenters. The zero-order valence-corrected chi connectivity index (χ0v) is 8.30. The number of carboxylic acids is 1. The van der Waals surface area contributed by atoms with Gasteiger partial charge < -0.3 is 5.11 Å². The second-order valence-corrected chi connectivity index (χ2v) is 3.27. The molecule has 0 radical (unpaired) electrons. The Hall–Kier alpha value is -1.53. The third kappa shape index (κ3) is 2.04. The zero-order valence-electron chi connectivity index (χ0n) is 7.54. The van der Waals surface area contributed by atoms with E-state index >= 15 is 0 Å². The van der Waals surface area contributed by atoms with E-state index in [4.69, 9.17) is 22.0 Å². The monoisotopic (exact) mass is 209 g/mol. The normalized spacial score (nSPS) is 9.50. The SMILES string of the molecule is Cc1c(CC(=O)O)ccc(C#N)c1Cl. The van der Waals surface area contributed by atoms with Gasteiger partial charge in [-0.15, -0.1) is 0 Å². The van der Waals surface area contributed by atoms with Crippen molar-refractivity contribution in [2.24, 2.45) is 0 Å². The van der Waals surface area contributed by atoms with Crippen LogP contribution in [0.5, 0.6) is 0 Å². The minimum Gasteiger partial charge on any atom is -0.481 e. The van der Waals surface area contributed by atoms with Crippen LogP contribution < -0.4 is 0 Å². The quantitative estimate of drug-likeness (QED) is 0.812. The molecule has 0 spiro atoms. The first-order chi connectivity index (χ1) is 6.56. The molecule has 1 N–H and O–H groups in total. The average Bonchev–Trinajstić information content (AvgIpc) is 2.13. The van der Waals surface area contributed by atoms with Crippen molar-refractivity contribution in [1.82, 2.24) is 0 Å². The third-order valence-electron chi connectivity index (χ3n) is 1.96.